The zero-order valence-corrected chi connectivity index (χ0v) is 19.2. The van der Waals surface area contributed by atoms with E-state index in [0.717, 1.165) is 30.6 Å². The lowest BCUT2D eigenvalue weighted by molar-refractivity contribution is -0.0860. The first kappa shape index (κ1) is 23.9. The molecule has 1 aliphatic rings. The van der Waals surface area contributed by atoms with Crippen LogP contribution < -0.4 is 5.73 Å². The van der Waals surface area contributed by atoms with Crippen molar-refractivity contribution in [2.24, 2.45) is 5.73 Å². The highest BCUT2D eigenvalue weighted by Gasteiger charge is 2.52. The minimum atomic E-state index is -0.598. The van der Waals surface area contributed by atoms with Gasteiger partial charge in [0.1, 0.15) is 6.10 Å². The van der Waals surface area contributed by atoms with Crippen LogP contribution in [-0.2, 0) is 27.4 Å². The van der Waals surface area contributed by atoms with Crippen molar-refractivity contribution >= 4 is 0 Å². The van der Waals surface area contributed by atoms with E-state index in [1.54, 1.807) is 0 Å². The minimum absolute atomic E-state index is 0.0772. The van der Waals surface area contributed by atoms with E-state index in [1.807, 2.05) is 36.4 Å². The molecule has 3 rings (SSSR count). The van der Waals surface area contributed by atoms with Gasteiger partial charge in [-0.15, -0.1) is 0 Å². The first-order valence-electron chi connectivity index (χ1n) is 11.8. The second-order valence-electron chi connectivity index (χ2n) is 8.93. The number of benzene rings is 2. The fraction of sp³-hybridized carbons (Fsp3) is 0.556. The van der Waals surface area contributed by atoms with Crippen molar-refractivity contribution in [1.29, 1.82) is 0 Å². The molecule has 0 amide bonds. The molecule has 1 saturated carbocycles. The molecule has 4 heteroatoms. The quantitative estimate of drug-likeness (QED) is 0.422. The van der Waals surface area contributed by atoms with Crippen LogP contribution in [0.25, 0.3) is 0 Å². The van der Waals surface area contributed by atoms with Crippen LogP contribution >= 0.6 is 0 Å². The molecule has 1 fully saturated rings. The predicted octanol–water partition coefficient (Wildman–Crippen LogP) is 5.63. The van der Waals surface area contributed by atoms with E-state index in [4.69, 9.17) is 19.9 Å². The molecule has 4 unspecified atom stereocenters. The molecule has 0 radical (unpaired) electrons. The van der Waals surface area contributed by atoms with Gasteiger partial charge in [-0.05, 0) is 24.5 Å². The van der Waals surface area contributed by atoms with Crippen LogP contribution in [0.2, 0.25) is 0 Å². The summed E-state index contributed by atoms with van der Waals surface area (Å²) in [5, 5.41) is 0. The molecule has 1 aliphatic carbocycles. The molecule has 0 saturated heterocycles. The van der Waals surface area contributed by atoms with Crippen LogP contribution in [-0.4, -0.2) is 30.5 Å². The molecule has 2 aromatic rings. The molecular formula is C27H39NO3. The summed E-state index contributed by atoms with van der Waals surface area (Å²) in [4.78, 5) is 0. The van der Waals surface area contributed by atoms with E-state index in [9.17, 15) is 0 Å². The molecule has 0 spiro atoms. The number of unbranched alkanes of at least 4 members (excludes halogenated alkanes) is 4. The van der Waals surface area contributed by atoms with Crippen molar-refractivity contribution in [3.05, 3.63) is 71.8 Å². The highest BCUT2D eigenvalue weighted by Crippen LogP contribution is 2.36. The SMILES string of the molecule is CCCCCCCOC1C(OCc2ccccc2)CC(OCc2ccccc2)C1(C)N. The number of hydrogen-bond acceptors (Lipinski definition) is 4. The maximum Gasteiger partial charge on any atom is 0.104 e. The predicted molar refractivity (Wildman–Crippen MR) is 126 cm³/mol. The monoisotopic (exact) mass is 425 g/mol. The van der Waals surface area contributed by atoms with Crippen LogP contribution in [0.4, 0.5) is 0 Å². The van der Waals surface area contributed by atoms with E-state index >= 15 is 0 Å². The molecule has 0 bridgehead atoms. The van der Waals surface area contributed by atoms with Gasteiger partial charge in [0.25, 0.3) is 0 Å². The Bertz CT molecular complexity index is 735. The molecule has 2 aromatic carbocycles. The van der Waals surface area contributed by atoms with Crippen molar-refractivity contribution in [1.82, 2.24) is 0 Å². The lowest BCUT2D eigenvalue weighted by atomic mass is 9.96. The third-order valence-corrected chi connectivity index (χ3v) is 6.24. The van der Waals surface area contributed by atoms with Gasteiger partial charge < -0.3 is 19.9 Å². The number of ether oxygens (including phenoxy) is 3. The molecular weight excluding hydrogens is 386 g/mol. The van der Waals surface area contributed by atoms with Gasteiger partial charge in [-0.2, -0.15) is 0 Å². The second-order valence-corrected chi connectivity index (χ2v) is 8.93. The Hall–Kier alpha value is -1.72. The van der Waals surface area contributed by atoms with E-state index in [0.29, 0.717) is 13.2 Å². The van der Waals surface area contributed by atoms with E-state index in [2.05, 4.69) is 38.1 Å². The fourth-order valence-corrected chi connectivity index (χ4v) is 4.33. The van der Waals surface area contributed by atoms with Crippen molar-refractivity contribution in [3.8, 4) is 0 Å². The molecule has 0 aromatic heterocycles. The largest absolute Gasteiger partial charge is 0.373 e. The van der Waals surface area contributed by atoms with Gasteiger partial charge in [0, 0.05) is 13.0 Å². The normalized spacial score (nSPS) is 25.7. The summed E-state index contributed by atoms with van der Waals surface area (Å²) in [5.41, 5.74) is 8.54. The smallest absolute Gasteiger partial charge is 0.104 e. The third kappa shape index (κ3) is 7.15. The highest BCUT2D eigenvalue weighted by molar-refractivity contribution is 5.15. The first-order chi connectivity index (χ1) is 15.1. The van der Waals surface area contributed by atoms with Gasteiger partial charge in [0.2, 0.25) is 0 Å². The maximum absolute atomic E-state index is 6.82. The van der Waals surface area contributed by atoms with Crippen LogP contribution in [0, 0.1) is 0 Å². The lowest BCUT2D eigenvalue weighted by Crippen LogP contribution is -2.55. The molecule has 170 valence electrons. The zero-order valence-electron chi connectivity index (χ0n) is 19.2. The highest BCUT2D eigenvalue weighted by atomic mass is 16.6. The summed E-state index contributed by atoms with van der Waals surface area (Å²) in [7, 11) is 0. The summed E-state index contributed by atoms with van der Waals surface area (Å²) in [5.74, 6) is 0. The molecule has 4 nitrogen and oxygen atoms in total. The molecule has 2 N–H and O–H groups in total. The molecule has 0 heterocycles. The van der Waals surface area contributed by atoms with E-state index in [-0.39, 0.29) is 18.3 Å². The Morgan fingerprint density at radius 1 is 0.806 bits per heavy atom. The number of hydrogen-bond donors (Lipinski definition) is 1. The maximum atomic E-state index is 6.82. The number of nitrogens with two attached hydrogens (primary N) is 1. The second kappa shape index (κ2) is 12.4. The van der Waals surface area contributed by atoms with Gasteiger partial charge in [-0.3, -0.25) is 0 Å². The van der Waals surface area contributed by atoms with Gasteiger partial charge in [-0.1, -0.05) is 93.3 Å². The van der Waals surface area contributed by atoms with E-state index < -0.39 is 5.54 Å². The summed E-state index contributed by atoms with van der Waals surface area (Å²) < 4.78 is 19.0. The molecule has 31 heavy (non-hydrogen) atoms. The van der Waals surface area contributed by atoms with Gasteiger partial charge in [0.05, 0.1) is 31.0 Å². The van der Waals surface area contributed by atoms with Crippen LogP contribution in [0.5, 0.6) is 0 Å². The van der Waals surface area contributed by atoms with Crippen molar-refractivity contribution in [2.45, 2.75) is 89.4 Å². The van der Waals surface area contributed by atoms with Crippen molar-refractivity contribution in [2.75, 3.05) is 6.61 Å². The Kier molecular flexibility index (Phi) is 9.54. The molecule has 4 atom stereocenters. The molecule has 0 aliphatic heterocycles. The lowest BCUT2D eigenvalue weighted by Gasteiger charge is -2.33. The van der Waals surface area contributed by atoms with E-state index in [1.165, 1.54) is 25.7 Å². The standard InChI is InChI=1S/C27H39NO3/c1-3-4-5-6-13-18-29-26-24(30-20-22-14-9-7-10-15-22)19-25(27(26,2)28)31-21-23-16-11-8-12-17-23/h7-12,14-17,24-26H,3-6,13,18-21,28H2,1-2H3. The Labute approximate surface area is 188 Å². The van der Waals surface area contributed by atoms with Crippen molar-refractivity contribution in [3.63, 3.8) is 0 Å². The van der Waals surface area contributed by atoms with Gasteiger partial charge >= 0.3 is 0 Å². The van der Waals surface area contributed by atoms with Crippen LogP contribution in [0.1, 0.15) is 63.5 Å². The minimum Gasteiger partial charge on any atom is -0.373 e. The van der Waals surface area contributed by atoms with Crippen LogP contribution in [0.3, 0.4) is 0 Å². The Morgan fingerprint density at radius 3 is 2.00 bits per heavy atom. The number of rotatable bonds is 13. The van der Waals surface area contributed by atoms with Gasteiger partial charge in [0.15, 0.2) is 0 Å². The summed E-state index contributed by atoms with van der Waals surface area (Å²) in [6.45, 7) is 6.12. The summed E-state index contributed by atoms with van der Waals surface area (Å²) in [6, 6.07) is 20.5. The summed E-state index contributed by atoms with van der Waals surface area (Å²) in [6.07, 6.45) is 6.44. The van der Waals surface area contributed by atoms with Crippen molar-refractivity contribution < 1.29 is 14.2 Å². The zero-order chi connectivity index (χ0) is 21.9. The Balaban J connectivity index is 1.60. The summed E-state index contributed by atoms with van der Waals surface area (Å²) >= 11 is 0. The first-order valence-corrected chi connectivity index (χ1v) is 11.8. The average molecular weight is 426 g/mol. The van der Waals surface area contributed by atoms with Crippen LogP contribution in [0.15, 0.2) is 60.7 Å². The fourth-order valence-electron chi connectivity index (χ4n) is 4.33. The Morgan fingerprint density at radius 2 is 1.39 bits per heavy atom. The third-order valence-electron chi connectivity index (χ3n) is 6.24. The topological polar surface area (TPSA) is 53.7 Å². The average Bonchev–Trinajstić information content (AvgIpc) is 3.03. The van der Waals surface area contributed by atoms with Gasteiger partial charge in [-0.25, -0.2) is 0 Å².